The number of hydrogen-bond acceptors (Lipinski definition) is 3. The second-order valence-electron chi connectivity index (χ2n) is 8.26. The zero-order valence-electron chi connectivity index (χ0n) is 19.2. The lowest BCUT2D eigenvalue weighted by molar-refractivity contribution is -0.139. The Morgan fingerprint density at radius 1 is 1.06 bits per heavy atom. The third kappa shape index (κ3) is 8.02. The molecule has 7 heteroatoms. The summed E-state index contributed by atoms with van der Waals surface area (Å²) in [4.78, 5) is 27.9. The van der Waals surface area contributed by atoms with Crippen LogP contribution in [-0.4, -0.2) is 35.1 Å². The number of carbonyl (C=O) groups is 2. The summed E-state index contributed by atoms with van der Waals surface area (Å²) < 4.78 is 0. The number of rotatable bonds is 11. The quantitative estimate of drug-likeness (QED) is 0.409. The molecular weight excluding hydrogens is 463 g/mol. The highest BCUT2D eigenvalue weighted by Crippen LogP contribution is 2.28. The van der Waals surface area contributed by atoms with Gasteiger partial charge in [-0.25, -0.2) is 0 Å². The highest BCUT2D eigenvalue weighted by molar-refractivity contribution is 7.99. The Kier molecular flexibility index (Phi) is 10.9. The summed E-state index contributed by atoms with van der Waals surface area (Å²) in [6.07, 6.45) is 0.544. The SMILES string of the molecule is CC[C@H](C(=O)NCC(C)C)N(Cc1ccc(C)cc1)C(=O)CSCc1c(Cl)cccc1Cl. The Hall–Kier alpha value is -1.69. The van der Waals surface area contributed by atoms with Gasteiger partial charge in [-0.2, -0.15) is 0 Å². The van der Waals surface area contributed by atoms with E-state index >= 15 is 0 Å². The first-order valence-corrected chi connectivity index (χ1v) is 12.8. The van der Waals surface area contributed by atoms with Gasteiger partial charge >= 0.3 is 0 Å². The standard InChI is InChI=1S/C25H32Cl2N2O2S/c1-5-23(25(31)28-13-17(2)3)29(14-19-11-9-18(4)10-12-19)24(30)16-32-15-20-21(26)7-6-8-22(20)27/h6-12,17,23H,5,13-16H2,1-4H3,(H,28,31)/t23-/m1/s1. The van der Waals surface area contributed by atoms with Gasteiger partial charge in [-0.3, -0.25) is 9.59 Å². The van der Waals surface area contributed by atoms with Crippen LogP contribution in [0, 0.1) is 12.8 Å². The van der Waals surface area contributed by atoms with Crippen LogP contribution in [0.3, 0.4) is 0 Å². The summed E-state index contributed by atoms with van der Waals surface area (Å²) in [6.45, 7) is 9.03. The summed E-state index contributed by atoms with van der Waals surface area (Å²) in [5.74, 6) is 0.917. The Bertz CT molecular complexity index is 883. The van der Waals surface area contributed by atoms with Crippen LogP contribution in [0.2, 0.25) is 10.0 Å². The summed E-state index contributed by atoms with van der Waals surface area (Å²) in [5.41, 5.74) is 2.97. The van der Waals surface area contributed by atoms with E-state index in [9.17, 15) is 9.59 Å². The molecule has 0 fully saturated rings. The zero-order valence-corrected chi connectivity index (χ0v) is 21.5. The molecule has 0 radical (unpaired) electrons. The molecule has 0 unspecified atom stereocenters. The minimum Gasteiger partial charge on any atom is -0.354 e. The van der Waals surface area contributed by atoms with Crippen LogP contribution >= 0.6 is 35.0 Å². The van der Waals surface area contributed by atoms with E-state index in [2.05, 4.69) is 5.32 Å². The van der Waals surface area contributed by atoms with Crippen LogP contribution in [0.4, 0.5) is 0 Å². The smallest absolute Gasteiger partial charge is 0.242 e. The predicted octanol–water partition coefficient (Wildman–Crippen LogP) is 6.11. The van der Waals surface area contributed by atoms with Crippen molar-refractivity contribution in [1.29, 1.82) is 0 Å². The molecule has 2 amide bonds. The molecule has 0 saturated heterocycles. The molecule has 32 heavy (non-hydrogen) atoms. The van der Waals surface area contributed by atoms with Gasteiger partial charge in [0.25, 0.3) is 0 Å². The Morgan fingerprint density at radius 3 is 2.25 bits per heavy atom. The molecule has 0 heterocycles. The number of hydrogen-bond donors (Lipinski definition) is 1. The maximum absolute atomic E-state index is 13.3. The average molecular weight is 496 g/mol. The van der Waals surface area contributed by atoms with Gasteiger partial charge in [0, 0.05) is 28.9 Å². The average Bonchev–Trinajstić information content (AvgIpc) is 2.75. The molecule has 2 aromatic carbocycles. The Morgan fingerprint density at radius 2 is 1.69 bits per heavy atom. The van der Waals surface area contributed by atoms with Crippen molar-refractivity contribution in [2.24, 2.45) is 5.92 Å². The van der Waals surface area contributed by atoms with Crippen LogP contribution in [0.25, 0.3) is 0 Å². The van der Waals surface area contributed by atoms with Gasteiger partial charge in [0.15, 0.2) is 0 Å². The molecular formula is C25H32Cl2N2O2S. The third-order valence-corrected chi connectivity index (χ3v) is 6.73. The fourth-order valence-electron chi connectivity index (χ4n) is 3.23. The lowest BCUT2D eigenvalue weighted by Crippen LogP contribution is -2.50. The largest absolute Gasteiger partial charge is 0.354 e. The van der Waals surface area contributed by atoms with E-state index in [-0.39, 0.29) is 17.6 Å². The van der Waals surface area contributed by atoms with Crippen molar-refractivity contribution in [3.63, 3.8) is 0 Å². The van der Waals surface area contributed by atoms with E-state index in [4.69, 9.17) is 23.2 Å². The van der Waals surface area contributed by atoms with Gasteiger partial charge in [-0.05, 0) is 42.5 Å². The zero-order chi connectivity index (χ0) is 23.7. The van der Waals surface area contributed by atoms with Gasteiger partial charge in [0.2, 0.25) is 11.8 Å². The van der Waals surface area contributed by atoms with Crippen molar-refractivity contribution in [1.82, 2.24) is 10.2 Å². The number of carbonyl (C=O) groups excluding carboxylic acids is 2. The molecule has 174 valence electrons. The van der Waals surface area contributed by atoms with Gasteiger partial charge < -0.3 is 10.2 Å². The van der Waals surface area contributed by atoms with Crippen molar-refractivity contribution < 1.29 is 9.59 Å². The van der Waals surface area contributed by atoms with Crippen molar-refractivity contribution in [3.8, 4) is 0 Å². The molecule has 0 aliphatic heterocycles. The molecule has 2 rings (SSSR count). The first-order chi connectivity index (χ1) is 15.2. The summed E-state index contributed by atoms with van der Waals surface area (Å²) >= 11 is 14.0. The Labute approximate surface area is 206 Å². The number of halogens is 2. The van der Waals surface area contributed by atoms with Crippen LogP contribution < -0.4 is 5.32 Å². The van der Waals surface area contributed by atoms with Crippen LogP contribution in [0.15, 0.2) is 42.5 Å². The second kappa shape index (κ2) is 13.1. The topological polar surface area (TPSA) is 49.4 Å². The second-order valence-corrected chi connectivity index (χ2v) is 10.1. The molecule has 4 nitrogen and oxygen atoms in total. The number of nitrogens with zero attached hydrogens (tertiary/aromatic N) is 1. The summed E-state index contributed by atoms with van der Waals surface area (Å²) in [6, 6.07) is 12.9. The van der Waals surface area contributed by atoms with Crippen molar-refractivity contribution >= 4 is 46.8 Å². The minimum atomic E-state index is -0.521. The normalized spacial score (nSPS) is 12.0. The highest BCUT2D eigenvalue weighted by atomic mass is 35.5. The van der Waals surface area contributed by atoms with E-state index < -0.39 is 6.04 Å². The molecule has 0 bridgehead atoms. The van der Waals surface area contributed by atoms with Gasteiger partial charge in [-0.15, -0.1) is 11.8 Å². The minimum absolute atomic E-state index is 0.0784. The molecule has 0 spiro atoms. The van der Waals surface area contributed by atoms with E-state index in [1.54, 1.807) is 23.1 Å². The number of nitrogens with one attached hydrogen (secondary N) is 1. The number of aryl methyl sites for hydroxylation is 1. The molecule has 0 saturated carbocycles. The molecule has 0 aromatic heterocycles. The molecule has 0 aliphatic carbocycles. The summed E-state index contributed by atoms with van der Waals surface area (Å²) in [5, 5.41) is 4.17. The van der Waals surface area contributed by atoms with Crippen molar-refractivity contribution in [2.45, 2.75) is 52.5 Å². The van der Waals surface area contributed by atoms with Crippen LogP contribution in [0.5, 0.6) is 0 Å². The predicted molar refractivity (Wildman–Crippen MR) is 136 cm³/mol. The van der Waals surface area contributed by atoms with Gasteiger partial charge in [0.05, 0.1) is 5.75 Å². The highest BCUT2D eigenvalue weighted by Gasteiger charge is 2.28. The van der Waals surface area contributed by atoms with Crippen LogP contribution in [0.1, 0.15) is 43.9 Å². The lowest BCUT2D eigenvalue weighted by Gasteiger charge is -2.31. The van der Waals surface area contributed by atoms with E-state index in [0.717, 1.165) is 16.7 Å². The number of amides is 2. The third-order valence-electron chi connectivity index (χ3n) is 5.08. The maximum Gasteiger partial charge on any atom is 0.242 e. The molecule has 0 aliphatic rings. The van der Waals surface area contributed by atoms with Crippen LogP contribution in [-0.2, 0) is 21.9 Å². The van der Waals surface area contributed by atoms with E-state index in [1.165, 1.54) is 11.8 Å². The molecule has 1 N–H and O–H groups in total. The maximum atomic E-state index is 13.3. The fraction of sp³-hybridized carbons (Fsp3) is 0.440. The monoisotopic (exact) mass is 494 g/mol. The van der Waals surface area contributed by atoms with E-state index in [1.807, 2.05) is 52.0 Å². The van der Waals surface area contributed by atoms with Crippen molar-refractivity contribution in [2.75, 3.05) is 12.3 Å². The van der Waals surface area contributed by atoms with Gasteiger partial charge in [0.1, 0.15) is 6.04 Å². The number of thioether (sulfide) groups is 1. The number of benzene rings is 2. The first-order valence-electron chi connectivity index (χ1n) is 10.9. The summed E-state index contributed by atoms with van der Waals surface area (Å²) in [7, 11) is 0. The first kappa shape index (κ1) is 26.6. The van der Waals surface area contributed by atoms with E-state index in [0.29, 0.717) is 41.2 Å². The molecule has 1 atom stereocenters. The Balaban J connectivity index is 2.15. The fourth-order valence-corrected chi connectivity index (χ4v) is 4.87. The molecule has 2 aromatic rings. The van der Waals surface area contributed by atoms with Gasteiger partial charge in [-0.1, -0.05) is 79.9 Å². The lowest BCUT2D eigenvalue weighted by atomic mass is 10.1. The van der Waals surface area contributed by atoms with Crippen molar-refractivity contribution in [3.05, 3.63) is 69.2 Å².